The average molecular weight is 231 g/mol. The van der Waals surface area contributed by atoms with Crippen LogP contribution in [-0.4, -0.2) is 23.9 Å². The number of likely N-dealkylation sites (N-methyl/N-ethyl adjacent to an activating group) is 1. The number of rotatable bonds is 5. The molecule has 92 valence electrons. The van der Waals surface area contributed by atoms with Gasteiger partial charge in [0, 0.05) is 19.5 Å². The number of nitrogens with zero attached hydrogens (tertiary/aromatic N) is 1. The summed E-state index contributed by atoms with van der Waals surface area (Å²) in [7, 11) is 0. The number of carbonyl (C=O) groups excluding carboxylic acids is 1. The molecule has 2 nitrogen and oxygen atoms in total. The molecular weight excluding hydrogens is 210 g/mol. The minimum Gasteiger partial charge on any atom is -0.339 e. The highest BCUT2D eigenvalue weighted by molar-refractivity contribution is 5.76. The second kappa shape index (κ2) is 6.89. The first-order chi connectivity index (χ1) is 8.19. The Morgan fingerprint density at radius 1 is 1.24 bits per heavy atom. The van der Waals surface area contributed by atoms with Crippen molar-refractivity contribution in [1.29, 1.82) is 0 Å². The van der Waals surface area contributed by atoms with Crippen molar-refractivity contribution in [2.45, 2.75) is 27.2 Å². The van der Waals surface area contributed by atoms with Crippen LogP contribution in [0.15, 0.2) is 36.4 Å². The molecule has 0 aliphatic carbocycles. The van der Waals surface area contributed by atoms with Crippen molar-refractivity contribution in [1.82, 2.24) is 4.90 Å². The van der Waals surface area contributed by atoms with E-state index in [9.17, 15) is 4.79 Å². The minimum atomic E-state index is 0.213. The van der Waals surface area contributed by atoms with Gasteiger partial charge in [0.2, 0.25) is 5.91 Å². The average Bonchev–Trinajstić information content (AvgIpc) is 2.39. The normalized spacial score (nSPS) is 11.4. The molecule has 0 aliphatic heterocycles. The molecule has 0 saturated heterocycles. The lowest BCUT2D eigenvalue weighted by molar-refractivity contribution is -0.130. The van der Waals surface area contributed by atoms with Gasteiger partial charge >= 0.3 is 0 Å². The van der Waals surface area contributed by atoms with Gasteiger partial charge < -0.3 is 4.90 Å². The van der Waals surface area contributed by atoms with Gasteiger partial charge in [-0.1, -0.05) is 43.3 Å². The fourth-order valence-corrected chi connectivity index (χ4v) is 1.70. The highest BCUT2D eigenvalue weighted by Gasteiger charge is 2.06. The Labute approximate surface area is 104 Å². The highest BCUT2D eigenvalue weighted by Crippen LogP contribution is 2.12. The molecule has 2 heteroatoms. The Morgan fingerprint density at radius 2 is 1.88 bits per heavy atom. The summed E-state index contributed by atoms with van der Waals surface area (Å²) in [5.74, 6) is 0.213. The lowest BCUT2D eigenvalue weighted by Gasteiger charge is -2.18. The second-order valence-electron chi connectivity index (χ2n) is 4.04. The molecule has 1 rings (SSSR count). The van der Waals surface area contributed by atoms with Gasteiger partial charge in [-0.2, -0.15) is 0 Å². The van der Waals surface area contributed by atoms with Crippen LogP contribution in [0.1, 0.15) is 32.8 Å². The van der Waals surface area contributed by atoms with Crippen molar-refractivity contribution >= 4 is 11.5 Å². The molecule has 0 radical (unpaired) electrons. The van der Waals surface area contributed by atoms with Gasteiger partial charge in [0.15, 0.2) is 0 Å². The van der Waals surface area contributed by atoms with Gasteiger partial charge in [-0.15, -0.1) is 0 Å². The van der Waals surface area contributed by atoms with Crippen molar-refractivity contribution in [2.24, 2.45) is 0 Å². The van der Waals surface area contributed by atoms with Gasteiger partial charge in [-0.05, 0) is 25.0 Å². The van der Waals surface area contributed by atoms with Crippen LogP contribution in [0, 0.1) is 0 Å². The summed E-state index contributed by atoms with van der Waals surface area (Å²) < 4.78 is 0. The Bertz CT molecular complexity index is 381. The first kappa shape index (κ1) is 13.5. The Hall–Kier alpha value is -1.57. The van der Waals surface area contributed by atoms with E-state index in [0.717, 1.165) is 6.54 Å². The number of hydrogen-bond donors (Lipinski definition) is 0. The van der Waals surface area contributed by atoms with E-state index in [1.165, 1.54) is 11.1 Å². The van der Waals surface area contributed by atoms with E-state index in [1.807, 2.05) is 36.9 Å². The number of carbonyl (C=O) groups is 1. The van der Waals surface area contributed by atoms with Crippen LogP contribution in [0.25, 0.3) is 5.57 Å². The first-order valence-electron chi connectivity index (χ1n) is 6.19. The van der Waals surface area contributed by atoms with Crippen molar-refractivity contribution in [3.63, 3.8) is 0 Å². The molecule has 1 aromatic rings. The second-order valence-corrected chi connectivity index (χ2v) is 4.04. The molecule has 1 amide bonds. The Balaban J connectivity index is 2.67. The third-order valence-electron chi connectivity index (χ3n) is 2.88. The highest BCUT2D eigenvalue weighted by atomic mass is 16.2. The molecule has 0 saturated carbocycles. The first-order valence-corrected chi connectivity index (χ1v) is 6.19. The standard InChI is InChI=1S/C15H21NO/c1-4-15(17)16(5-2)12-11-13(3)14-9-7-6-8-10-14/h6-11H,4-5,12H2,1-3H3/b13-11+. The van der Waals surface area contributed by atoms with Gasteiger partial charge in [0.25, 0.3) is 0 Å². The number of allylic oxidation sites excluding steroid dienone is 1. The molecular formula is C15H21NO. The van der Waals surface area contributed by atoms with E-state index in [4.69, 9.17) is 0 Å². The van der Waals surface area contributed by atoms with E-state index >= 15 is 0 Å². The molecule has 0 spiro atoms. The lowest BCUT2D eigenvalue weighted by atomic mass is 10.1. The molecule has 0 unspecified atom stereocenters. The van der Waals surface area contributed by atoms with Crippen LogP contribution in [0.2, 0.25) is 0 Å². The van der Waals surface area contributed by atoms with E-state index in [2.05, 4.69) is 25.1 Å². The Kier molecular flexibility index (Phi) is 5.47. The molecule has 0 heterocycles. The third-order valence-corrected chi connectivity index (χ3v) is 2.88. The Morgan fingerprint density at radius 3 is 2.41 bits per heavy atom. The van der Waals surface area contributed by atoms with Crippen molar-refractivity contribution in [3.8, 4) is 0 Å². The van der Waals surface area contributed by atoms with Gasteiger partial charge in [0.1, 0.15) is 0 Å². The topological polar surface area (TPSA) is 20.3 Å². The van der Waals surface area contributed by atoms with Crippen LogP contribution < -0.4 is 0 Å². The predicted octanol–water partition coefficient (Wildman–Crippen LogP) is 3.35. The summed E-state index contributed by atoms with van der Waals surface area (Å²) in [5.41, 5.74) is 2.43. The molecule has 0 aromatic heterocycles. The maximum Gasteiger partial charge on any atom is 0.222 e. The molecule has 0 N–H and O–H groups in total. The maximum absolute atomic E-state index is 11.6. The van der Waals surface area contributed by atoms with Crippen LogP contribution in [-0.2, 0) is 4.79 Å². The fraction of sp³-hybridized carbons (Fsp3) is 0.400. The lowest BCUT2D eigenvalue weighted by Crippen LogP contribution is -2.30. The summed E-state index contributed by atoms with van der Waals surface area (Å²) in [6.45, 7) is 7.47. The smallest absolute Gasteiger partial charge is 0.222 e. The quantitative estimate of drug-likeness (QED) is 0.761. The van der Waals surface area contributed by atoms with Crippen LogP contribution >= 0.6 is 0 Å². The summed E-state index contributed by atoms with van der Waals surface area (Å²) in [4.78, 5) is 13.5. The molecule has 0 aliphatic rings. The number of hydrogen-bond acceptors (Lipinski definition) is 1. The third kappa shape index (κ3) is 4.06. The van der Waals surface area contributed by atoms with E-state index in [1.54, 1.807) is 0 Å². The zero-order valence-electron chi connectivity index (χ0n) is 10.9. The van der Waals surface area contributed by atoms with Crippen molar-refractivity contribution in [3.05, 3.63) is 42.0 Å². The summed E-state index contributed by atoms with van der Waals surface area (Å²) in [6, 6.07) is 10.2. The zero-order valence-corrected chi connectivity index (χ0v) is 10.9. The van der Waals surface area contributed by atoms with Gasteiger partial charge in [0.05, 0.1) is 0 Å². The summed E-state index contributed by atoms with van der Waals surface area (Å²) in [5, 5.41) is 0. The molecule has 0 fully saturated rings. The van der Waals surface area contributed by atoms with E-state index < -0.39 is 0 Å². The monoisotopic (exact) mass is 231 g/mol. The molecule has 0 bridgehead atoms. The minimum absolute atomic E-state index is 0.213. The summed E-state index contributed by atoms with van der Waals surface area (Å²) >= 11 is 0. The zero-order chi connectivity index (χ0) is 12.7. The van der Waals surface area contributed by atoms with Crippen LogP contribution in [0.4, 0.5) is 0 Å². The SMILES string of the molecule is CCC(=O)N(CC)C/C=C(\C)c1ccccc1. The van der Waals surface area contributed by atoms with Crippen LogP contribution in [0.3, 0.4) is 0 Å². The van der Waals surface area contributed by atoms with Gasteiger partial charge in [-0.25, -0.2) is 0 Å². The van der Waals surface area contributed by atoms with Crippen molar-refractivity contribution in [2.75, 3.05) is 13.1 Å². The van der Waals surface area contributed by atoms with Gasteiger partial charge in [-0.3, -0.25) is 4.79 Å². The predicted molar refractivity (Wildman–Crippen MR) is 72.6 cm³/mol. The van der Waals surface area contributed by atoms with E-state index in [-0.39, 0.29) is 5.91 Å². The molecule has 17 heavy (non-hydrogen) atoms. The number of amides is 1. The molecule has 0 atom stereocenters. The maximum atomic E-state index is 11.6. The largest absolute Gasteiger partial charge is 0.339 e. The molecule has 1 aromatic carbocycles. The summed E-state index contributed by atoms with van der Waals surface area (Å²) in [6.07, 6.45) is 2.69. The van der Waals surface area contributed by atoms with E-state index in [0.29, 0.717) is 13.0 Å². The fourth-order valence-electron chi connectivity index (χ4n) is 1.70. The van der Waals surface area contributed by atoms with Crippen molar-refractivity contribution < 1.29 is 4.79 Å². The van der Waals surface area contributed by atoms with Crippen LogP contribution in [0.5, 0.6) is 0 Å². The number of benzene rings is 1.